The van der Waals surface area contributed by atoms with Crippen LogP contribution in [0.15, 0.2) is 54.2 Å². The lowest BCUT2D eigenvalue weighted by Crippen LogP contribution is -3.00. The Kier molecular flexibility index (Phi) is 17.2. The fourth-order valence-corrected chi connectivity index (χ4v) is 5.72. The molecule has 3 rings (SSSR count). The zero-order chi connectivity index (χ0) is 27.7. The summed E-state index contributed by atoms with van der Waals surface area (Å²) in [5, 5.41) is 3.60. The summed E-state index contributed by atoms with van der Waals surface area (Å²) < 4.78 is 8.24. The number of aryl methyl sites for hydroxylation is 1. The summed E-state index contributed by atoms with van der Waals surface area (Å²) in [5.74, 6) is 0.555. The minimum Gasteiger partial charge on any atom is -1.00 e. The number of amides is 1. The van der Waals surface area contributed by atoms with E-state index in [0.29, 0.717) is 17.4 Å². The van der Waals surface area contributed by atoms with Crippen LogP contribution in [-0.4, -0.2) is 12.5 Å². The van der Waals surface area contributed by atoms with Crippen LogP contribution in [0.25, 0.3) is 0 Å². The van der Waals surface area contributed by atoms with E-state index in [2.05, 4.69) is 41.5 Å². The number of unbranched alkanes of at least 4 members (excludes halogenated alkanes) is 11. The van der Waals surface area contributed by atoms with Gasteiger partial charge in [0.2, 0.25) is 11.4 Å². The molecule has 0 saturated heterocycles. The molecule has 1 N–H and O–H groups in total. The number of aromatic nitrogens is 1. The maximum atomic E-state index is 12.9. The molecule has 0 aliphatic heterocycles. The molecule has 1 aromatic heterocycles. The normalized spacial score (nSPS) is 10.8. The molecule has 0 spiro atoms. The average Bonchev–Trinajstić information content (AvgIpc) is 3.32. The van der Waals surface area contributed by atoms with Crippen LogP contribution in [0.2, 0.25) is 5.02 Å². The molecule has 3 aromatic rings. The highest BCUT2D eigenvalue weighted by Crippen LogP contribution is 2.29. The summed E-state index contributed by atoms with van der Waals surface area (Å²) in [4.78, 5) is 14.2. The second-order valence-electron chi connectivity index (χ2n) is 10.5. The van der Waals surface area contributed by atoms with Gasteiger partial charge in [0.1, 0.15) is 5.75 Å². The van der Waals surface area contributed by atoms with E-state index in [1.165, 1.54) is 69.1 Å². The molecule has 220 valence electrons. The standard InChI is InChI=1S/C33H45ClN2O2S.BrH/c1-3-4-5-6-7-8-9-10-11-12-13-14-21-38-33-29(18-16-20-31(33)34)23-32(37)35-30-19-15-17-28(22-30)25-36-24-27(2)39-26-36;/h15-20,22,24,26H,3-14,21,23,25H2,1-2H3;1H. The van der Waals surface area contributed by atoms with Crippen molar-refractivity contribution in [3.05, 3.63) is 75.2 Å². The smallest absolute Gasteiger partial charge is 0.228 e. The van der Waals surface area contributed by atoms with Crippen LogP contribution in [0.1, 0.15) is 100.0 Å². The molecule has 0 radical (unpaired) electrons. The van der Waals surface area contributed by atoms with Crippen LogP contribution < -0.4 is 31.6 Å². The third-order valence-corrected chi connectivity index (χ3v) is 8.09. The van der Waals surface area contributed by atoms with E-state index in [-0.39, 0.29) is 29.3 Å². The summed E-state index contributed by atoms with van der Waals surface area (Å²) in [7, 11) is 0. The minimum absolute atomic E-state index is 0. The van der Waals surface area contributed by atoms with Crippen LogP contribution in [0.3, 0.4) is 0 Å². The molecule has 4 nitrogen and oxygen atoms in total. The molecule has 2 aromatic carbocycles. The number of anilines is 1. The monoisotopic (exact) mass is 648 g/mol. The minimum atomic E-state index is -0.0799. The Labute approximate surface area is 261 Å². The number of hydrogen-bond acceptors (Lipinski definition) is 3. The van der Waals surface area contributed by atoms with Gasteiger partial charge in [0.15, 0.2) is 12.7 Å². The summed E-state index contributed by atoms with van der Waals surface area (Å²) in [5.41, 5.74) is 4.87. The molecule has 0 aliphatic rings. The zero-order valence-electron chi connectivity index (χ0n) is 24.2. The van der Waals surface area contributed by atoms with Crippen LogP contribution in [0, 0.1) is 6.92 Å². The number of halogens is 2. The summed E-state index contributed by atoms with van der Waals surface area (Å²) in [6.07, 6.45) is 18.1. The van der Waals surface area contributed by atoms with Gasteiger partial charge in [-0.25, -0.2) is 0 Å². The van der Waals surface area contributed by atoms with Gasteiger partial charge in [0, 0.05) is 16.8 Å². The van der Waals surface area contributed by atoms with Gasteiger partial charge in [-0.2, -0.15) is 4.57 Å². The number of thiazole rings is 1. The van der Waals surface area contributed by atoms with E-state index in [0.717, 1.165) is 36.2 Å². The third kappa shape index (κ3) is 13.2. The van der Waals surface area contributed by atoms with Gasteiger partial charge in [0.05, 0.1) is 22.9 Å². The molecule has 0 atom stereocenters. The second kappa shape index (κ2) is 20.1. The molecule has 0 unspecified atom stereocenters. The highest BCUT2D eigenvalue weighted by Gasteiger charge is 2.14. The number of para-hydroxylation sites is 1. The highest BCUT2D eigenvalue weighted by atomic mass is 79.9. The van der Waals surface area contributed by atoms with Crippen molar-refractivity contribution in [2.24, 2.45) is 0 Å². The van der Waals surface area contributed by atoms with Crippen molar-refractivity contribution in [1.82, 2.24) is 0 Å². The highest BCUT2D eigenvalue weighted by molar-refractivity contribution is 7.09. The Bertz CT molecular complexity index is 1140. The van der Waals surface area contributed by atoms with Crippen LogP contribution in [-0.2, 0) is 17.8 Å². The van der Waals surface area contributed by atoms with E-state index in [9.17, 15) is 4.79 Å². The first-order valence-electron chi connectivity index (χ1n) is 14.8. The van der Waals surface area contributed by atoms with Crippen molar-refractivity contribution in [2.45, 2.75) is 104 Å². The predicted molar refractivity (Wildman–Crippen MR) is 165 cm³/mol. The van der Waals surface area contributed by atoms with Gasteiger partial charge in [-0.05, 0) is 31.5 Å². The zero-order valence-corrected chi connectivity index (χ0v) is 27.4. The molecular weight excluding hydrogens is 604 g/mol. The first kappa shape index (κ1) is 34.3. The first-order valence-corrected chi connectivity index (χ1v) is 16.0. The fourth-order valence-electron chi connectivity index (χ4n) is 4.84. The second-order valence-corrected chi connectivity index (χ2v) is 12.0. The molecule has 0 fully saturated rings. The van der Waals surface area contributed by atoms with Crippen molar-refractivity contribution in [2.75, 3.05) is 11.9 Å². The lowest BCUT2D eigenvalue weighted by molar-refractivity contribution is -0.683. The Morgan fingerprint density at radius 1 is 0.925 bits per heavy atom. The Morgan fingerprint density at radius 2 is 1.57 bits per heavy atom. The largest absolute Gasteiger partial charge is 1.00 e. The number of ether oxygens (including phenoxy) is 1. The average molecular weight is 650 g/mol. The Morgan fingerprint density at radius 3 is 2.23 bits per heavy atom. The first-order chi connectivity index (χ1) is 19.0. The fraction of sp³-hybridized carbons (Fsp3) is 0.515. The van der Waals surface area contributed by atoms with Gasteiger partial charge in [-0.3, -0.25) is 4.79 Å². The van der Waals surface area contributed by atoms with Crippen LogP contribution >= 0.6 is 22.9 Å². The number of benzene rings is 2. The van der Waals surface area contributed by atoms with Gasteiger partial charge in [0.25, 0.3) is 0 Å². The predicted octanol–water partition coefficient (Wildman–Crippen LogP) is 6.31. The number of nitrogens with zero attached hydrogens (tertiary/aromatic N) is 1. The number of nitrogens with one attached hydrogen (secondary N) is 1. The molecule has 1 heterocycles. The van der Waals surface area contributed by atoms with E-state index in [1.807, 2.05) is 36.4 Å². The molecular formula is C33H46BrClN2O2S. The van der Waals surface area contributed by atoms with Gasteiger partial charge in [-0.15, -0.1) is 0 Å². The Balaban J connectivity index is 0.00000560. The van der Waals surface area contributed by atoms with E-state index in [1.54, 1.807) is 11.3 Å². The quantitative estimate of drug-likeness (QED) is 0.122. The summed E-state index contributed by atoms with van der Waals surface area (Å²) >= 11 is 8.19. The summed E-state index contributed by atoms with van der Waals surface area (Å²) in [6.45, 7) is 5.77. The lowest BCUT2D eigenvalue weighted by atomic mass is 10.1. The third-order valence-electron chi connectivity index (χ3n) is 6.94. The van der Waals surface area contributed by atoms with E-state index in [4.69, 9.17) is 16.3 Å². The lowest BCUT2D eigenvalue weighted by Gasteiger charge is -2.13. The number of rotatable bonds is 19. The summed E-state index contributed by atoms with van der Waals surface area (Å²) in [6, 6.07) is 13.6. The number of carbonyl (C=O) groups is 1. The van der Waals surface area contributed by atoms with Gasteiger partial charge >= 0.3 is 0 Å². The number of carbonyl (C=O) groups excluding carboxylic acids is 1. The van der Waals surface area contributed by atoms with Crippen molar-refractivity contribution in [1.29, 1.82) is 0 Å². The number of hydrogen-bond donors (Lipinski definition) is 1. The molecule has 7 heteroatoms. The molecule has 40 heavy (non-hydrogen) atoms. The van der Waals surface area contributed by atoms with E-state index >= 15 is 0 Å². The van der Waals surface area contributed by atoms with Crippen LogP contribution in [0.5, 0.6) is 5.75 Å². The molecule has 1 amide bonds. The SMILES string of the molecule is CCCCCCCCCCCCCCOc1c(Cl)cccc1CC(=O)Nc1cccc(C[n+]2csc(C)c2)c1.[Br-]. The van der Waals surface area contributed by atoms with E-state index < -0.39 is 0 Å². The van der Waals surface area contributed by atoms with Gasteiger partial charge < -0.3 is 27.0 Å². The van der Waals surface area contributed by atoms with Crippen molar-refractivity contribution < 1.29 is 31.1 Å². The van der Waals surface area contributed by atoms with Crippen molar-refractivity contribution >= 4 is 34.5 Å². The maximum absolute atomic E-state index is 12.9. The molecule has 0 bridgehead atoms. The maximum Gasteiger partial charge on any atom is 0.228 e. The Hall–Kier alpha value is -1.89. The van der Waals surface area contributed by atoms with Crippen molar-refractivity contribution in [3.8, 4) is 5.75 Å². The van der Waals surface area contributed by atoms with Gasteiger partial charge in [-0.1, -0.05) is 125 Å². The van der Waals surface area contributed by atoms with Crippen molar-refractivity contribution in [3.63, 3.8) is 0 Å². The molecule has 0 saturated carbocycles. The molecule has 0 aliphatic carbocycles. The van der Waals surface area contributed by atoms with Crippen LogP contribution in [0.4, 0.5) is 5.69 Å². The topological polar surface area (TPSA) is 42.2 Å².